The third-order valence-corrected chi connectivity index (χ3v) is 18.5. The normalized spacial score (nSPS) is 29.1. The van der Waals surface area contributed by atoms with Gasteiger partial charge >= 0.3 is 23.9 Å². The predicted molar refractivity (Wildman–Crippen MR) is 330 cm³/mol. The number of ether oxygens (including phenoxy) is 5. The molecule has 98 heavy (non-hydrogen) atoms. The van der Waals surface area contributed by atoms with Gasteiger partial charge in [-0.15, -0.1) is 0 Å². The average molecular weight is 1510 g/mol. The first kappa shape index (κ1) is 84.4. The quantitative estimate of drug-likeness (QED) is 0.0573. The van der Waals surface area contributed by atoms with Gasteiger partial charge in [-0.1, -0.05) is 87.8 Å². The maximum absolute atomic E-state index is 14.5. The summed E-state index contributed by atoms with van der Waals surface area (Å²) in [6.07, 6.45) is -3.58. The predicted octanol–water partition coefficient (Wildman–Crippen LogP) is 2.34. The van der Waals surface area contributed by atoms with Crippen LogP contribution in [0, 0.1) is 58.2 Å². The number of aliphatic hydroxyl groups is 2. The third-order valence-electron chi connectivity index (χ3n) is 16.3. The molecule has 2 unspecified atom stereocenters. The number of alkyl halides is 3. The number of amides is 3. The van der Waals surface area contributed by atoms with Gasteiger partial charge in [0.1, 0.15) is 30.4 Å². The van der Waals surface area contributed by atoms with Gasteiger partial charge in [-0.25, -0.2) is 22.8 Å². The molecule has 40 heteroatoms. The molecule has 9 rings (SSSR count). The van der Waals surface area contributed by atoms with Gasteiger partial charge in [0.15, 0.2) is 17.1 Å². The van der Waals surface area contributed by atoms with Crippen molar-refractivity contribution in [3.05, 3.63) is 101 Å². The molecule has 0 bridgehead atoms. The fourth-order valence-corrected chi connectivity index (χ4v) is 12.3. The van der Waals surface area contributed by atoms with Crippen LogP contribution in [0.25, 0.3) is 0 Å². The van der Waals surface area contributed by atoms with Gasteiger partial charge in [0.2, 0.25) is 16.9 Å². The van der Waals surface area contributed by atoms with E-state index in [0.29, 0.717) is 30.1 Å². The summed E-state index contributed by atoms with van der Waals surface area (Å²) in [6, 6.07) is 18.9. The summed E-state index contributed by atoms with van der Waals surface area (Å²) in [6.45, 7) is -0.376. The van der Waals surface area contributed by atoms with Crippen LogP contribution in [0.15, 0.2) is 54.6 Å². The van der Waals surface area contributed by atoms with E-state index in [-0.39, 0.29) is 63.3 Å². The fourth-order valence-electron chi connectivity index (χ4n) is 11.3. The summed E-state index contributed by atoms with van der Waals surface area (Å²) in [7, 11) is 0. The van der Waals surface area contributed by atoms with Crippen LogP contribution in [0.5, 0.6) is 0 Å². The number of benzene rings is 3. The van der Waals surface area contributed by atoms with Crippen molar-refractivity contribution in [2.24, 2.45) is 64.2 Å². The van der Waals surface area contributed by atoms with Crippen LogP contribution in [0.4, 0.5) is 13.2 Å². The van der Waals surface area contributed by atoms with Crippen LogP contribution in [0.1, 0.15) is 55.7 Å². The summed E-state index contributed by atoms with van der Waals surface area (Å²) >= 11 is 35.2. The highest BCUT2D eigenvalue weighted by atomic mass is 35.5. The Morgan fingerprint density at radius 2 is 0.867 bits per heavy atom. The summed E-state index contributed by atoms with van der Waals surface area (Å²) in [5.74, 6) is -15.7. The zero-order chi connectivity index (χ0) is 73.9. The lowest BCUT2D eigenvalue weighted by atomic mass is 9.89. The lowest BCUT2D eigenvalue weighted by Crippen LogP contribution is -2.54. The topological polar surface area (TPSA) is 585 Å². The zero-order valence-electron chi connectivity index (χ0n) is 50.5. The van der Waals surface area contributed by atoms with E-state index < -0.39 is 167 Å². The lowest BCUT2D eigenvalue weighted by Gasteiger charge is -2.29. The Balaban J connectivity index is 0.000000320. The van der Waals surface area contributed by atoms with Crippen LogP contribution < -0.4 is 28.7 Å². The minimum absolute atomic E-state index is 0. The number of aliphatic carboxylic acids is 5. The van der Waals surface area contributed by atoms with E-state index in [1.54, 1.807) is 54.6 Å². The van der Waals surface area contributed by atoms with Crippen molar-refractivity contribution in [1.29, 1.82) is 10.5 Å². The lowest BCUT2D eigenvalue weighted by molar-refractivity contribution is -0.173. The summed E-state index contributed by atoms with van der Waals surface area (Å²) in [5.41, 5.74) is 14.7. The Labute approximate surface area is 581 Å². The van der Waals surface area contributed by atoms with Crippen molar-refractivity contribution < 1.29 is 131 Å². The van der Waals surface area contributed by atoms with E-state index in [0.717, 1.165) is 23.6 Å². The number of rotatable bonds is 24. The van der Waals surface area contributed by atoms with E-state index in [2.05, 4.69) is 9.47 Å². The number of ketones is 1. The largest absolute Gasteiger partial charge is 0.481 e. The maximum Gasteiger partial charge on any atom is 0.339 e. The molecule has 0 saturated heterocycles. The Morgan fingerprint density at radius 1 is 0.561 bits per heavy atom. The first-order chi connectivity index (χ1) is 44.9. The Kier molecular flexibility index (Phi) is 29.2. The molecule has 0 spiro atoms. The molecule has 0 aromatic heterocycles. The molecule has 16 atom stereocenters. The van der Waals surface area contributed by atoms with Crippen molar-refractivity contribution in [2.45, 2.75) is 116 Å². The number of hydrogen-bond acceptors (Lipinski definition) is 22. The van der Waals surface area contributed by atoms with Crippen LogP contribution in [-0.4, -0.2) is 178 Å². The summed E-state index contributed by atoms with van der Waals surface area (Å²) < 4.78 is 67.8. The number of nitriles is 2. The maximum atomic E-state index is 14.5. The van der Waals surface area contributed by atoms with Crippen LogP contribution in [-0.2, 0) is 96.2 Å². The molecule has 3 aromatic rings. The van der Waals surface area contributed by atoms with Gasteiger partial charge in [0.25, 0.3) is 36.6 Å². The number of nitrogens with two attached hydrogens (primary N) is 5. The van der Waals surface area contributed by atoms with E-state index in [4.69, 9.17) is 153 Å². The third kappa shape index (κ3) is 18.9. The number of hydrogen-bond donors (Lipinski definition) is 12. The second-order valence-electron chi connectivity index (χ2n) is 22.6. The molecule has 6 aliphatic carbocycles. The first-order valence-electron chi connectivity index (χ1n) is 27.6. The molecule has 0 radical (unpaired) electrons. The number of fused-ring (bicyclic) bond motifs is 3. The number of carboxylic acids is 5. The molecule has 3 amide bonds. The van der Waals surface area contributed by atoms with Crippen molar-refractivity contribution in [2.75, 3.05) is 13.2 Å². The van der Waals surface area contributed by atoms with Gasteiger partial charge in [-0.3, -0.25) is 43.2 Å². The number of Topliss-reactive ketones (excluding diaryl/α,β-unsaturated/α-hetero) is 1. The Hall–Kier alpha value is -7.78. The molecule has 0 aliphatic heterocycles. The minimum atomic E-state index is -2.56. The Bertz CT molecular complexity index is 3490. The highest BCUT2D eigenvalue weighted by molar-refractivity contribution is 6.43. The van der Waals surface area contributed by atoms with Gasteiger partial charge in [0.05, 0.1) is 93.1 Å². The van der Waals surface area contributed by atoms with Crippen LogP contribution in [0.2, 0.25) is 30.1 Å². The summed E-state index contributed by atoms with van der Waals surface area (Å²) in [5, 5.41) is 80.1. The highest BCUT2D eigenvalue weighted by Crippen LogP contribution is 2.68. The van der Waals surface area contributed by atoms with Crippen molar-refractivity contribution in [3.8, 4) is 12.1 Å². The number of nitrogens with zero attached hydrogens (tertiary/aromatic N) is 2. The SMILES string of the molecule is CC(=O)O.N#C[C@@]1(N)[C@H]2[C@@H](C[C@H]1OCc1ccc(Cl)c(Cl)c1)[C@]2(F)C(N)=O.N#C[C@]1(N)[C@H]2[C@@H](C[C@H]1OCc1ccc(Cl)c(Cl)c1)[C@]2(F)C(N)=O.NC(=O)[C@@]1(F)[C@@H]2C[C@@H](OCc3ccc(Cl)c(Cl)c3)C(=O)[C@@H]21.O.O=COCC(O)(CC(=O)O)C(=O)O.O=COCC(O)(CC(=O)O)C(=O)O. The van der Waals surface area contributed by atoms with Crippen molar-refractivity contribution in [3.63, 3.8) is 0 Å². The van der Waals surface area contributed by atoms with E-state index in [1.807, 2.05) is 12.1 Å². The minimum Gasteiger partial charge on any atom is -0.481 e. The van der Waals surface area contributed by atoms with Gasteiger partial charge in [0, 0.05) is 36.5 Å². The number of carbonyl (C=O) groups is 11. The molecule has 6 aliphatic rings. The smallest absolute Gasteiger partial charge is 0.339 e. The van der Waals surface area contributed by atoms with Gasteiger partial charge in [-0.2, -0.15) is 10.5 Å². The number of primary amides is 3. The monoisotopic (exact) mass is 1510 g/mol. The zero-order valence-corrected chi connectivity index (χ0v) is 55.0. The van der Waals surface area contributed by atoms with Crippen LogP contribution >= 0.6 is 69.6 Å². The van der Waals surface area contributed by atoms with E-state index >= 15 is 0 Å². The van der Waals surface area contributed by atoms with Gasteiger partial charge in [-0.05, 0) is 72.4 Å². The van der Waals surface area contributed by atoms with Crippen molar-refractivity contribution >= 4 is 136 Å². The fraction of sp³-hybridized carbons (Fsp3) is 0.466. The van der Waals surface area contributed by atoms with Crippen LogP contribution in [0.3, 0.4) is 0 Å². The molecule has 19 N–H and O–H groups in total. The first-order valence-corrected chi connectivity index (χ1v) is 29.9. The second kappa shape index (κ2) is 33.9. The molecular formula is C58H62Cl6F3N7O24. The molecule has 31 nitrogen and oxygen atoms in total. The number of carboxylic acid groups (broad SMARTS) is 5. The molecular weight excluding hydrogens is 1450 g/mol. The highest BCUT2D eigenvalue weighted by Gasteiger charge is 2.84. The molecule has 3 aromatic carbocycles. The van der Waals surface area contributed by atoms with E-state index in [1.165, 1.54) is 0 Å². The average Bonchev–Trinajstić information content (AvgIpc) is 1.52. The van der Waals surface area contributed by atoms with Crippen molar-refractivity contribution in [1.82, 2.24) is 0 Å². The number of halogens is 9. The molecule has 6 fully saturated rings. The molecule has 0 heterocycles. The Morgan fingerprint density at radius 3 is 1.10 bits per heavy atom. The standard InChI is InChI=1S/2C15H14Cl2FN3O2.C14H12Cl2FNO3.2C6H8O7.C2H4O2.H2O/c2*16-9-2-1-7(3-10(9)17)5-23-11-4-8-12(14(11,21)6-19)15(8,18)13(20)22;15-8-2-1-6(3-9(8)16)5-21-10-4-7-11(12(10)19)14(7,17)13(18)20;2*7-3-13-2-6(12,5(10)11)1-4(8)9;1-2(3)4;/h2*1-3,8,11-12H,4-5,21H2,(H2,20,22);1-3,7,10-11H,4-5H2,(H2,18,20);2*3,12H,1-2H2,(H,8,9)(H,10,11);1H3,(H,3,4);1H2/t8-,11-,12-,14+,15-;8-,11-,12-,14-,15-;7-,10-,11-,14-;;;;/m111..../s1. The second-order valence-corrected chi connectivity index (χ2v) is 25.1. The molecule has 6 saturated carbocycles. The van der Waals surface area contributed by atoms with Gasteiger partial charge < -0.3 is 93.6 Å². The summed E-state index contributed by atoms with van der Waals surface area (Å²) in [4.78, 5) is 115. The molecule has 536 valence electrons. The van der Waals surface area contributed by atoms with E-state index in [9.17, 15) is 71.6 Å². The number of carbonyl (C=O) groups excluding carboxylic acids is 6.